The number of hydrogen-bond donors (Lipinski definition) is 1. The molecule has 2 rings (SSSR count). The molecule has 0 unspecified atom stereocenters. The summed E-state index contributed by atoms with van der Waals surface area (Å²) < 4.78 is 1.32. The normalized spacial score (nSPS) is 15.9. The second kappa shape index (κ2) is 4.54. The lowest BCUT2D eigenvalue weighted by molar-refractivity contribution is -0.391. The lowest BCUT2D eigenvalue weighted by Gasteiger charge is -2.26. The molecule has 0 aromatic carbocycles. The maximum Gasteiger partial charge on any atom is 0.323 e. The van der Waals surface area contributed by atoms with Crippen molar-refractivity contribution >= 4 is 11.7 Å². The van der Waals surface area contributed by atoms with E-state index in [-0.39, 0.29) is 11.7 Å². The molecular formula is C10H14N4O3. The fraction of sp³-hybridized carbons (Fsp3) is 0.500. The summed E-state index contributed by atoms with van der Waals surface area (Å²) in [6.07, 6.45) is 0. The molecule has 1 aliphatic heterocycles. The molecule has 0 spiro atoms. The van der Waals surface area contributed by atoms with Crippen molar-refractivity contribution in [3.63, 3.8) is 0 Å². The van der Waals surface area contributed by atoms with Crippen molar-refractivity contribution in [2.75, 3.05) is 26.2 Å². The summed E-state index contributed by atoms with van der Waals surface area (Å²) in [6, 6.07) is 2.86. The molecule has 1 fully saturated rings. The van der Waals surface area contributed by atoms with E-state index in [2.05, 4.69) is 5.32 Å². The number of nitrogens with one attached hydrogen (secondary N) is 1. The van der Waals surface area contributed by atoms with E-state index in [0.29, 0.717) is 18.8 Å². The molecule has 1 aromatic rings. The first-order valence-electron chi connectivity index (χ1n) is 5.41. The van der Waals surface area contributed by atoms with Crippen molar-refractivity contribution in [1.82, 2.24) is 14.8 Å². The highest BCUT2D eigenvalue weighted by atomic mass is 16.6. The van der Waals surface area contributed by atoms with Crippen LogP contribution in [0, 0.1) is 10.1 Å². The smallest absolute Gasteiger partial charge is 0.323 e. The molecule has 0 saturated carbocycles. The number of aromatic nitrogens is 1. The second-order valence-electron chi connectivity index (χ2n) is 3.94. The summed E-state index contributed by atoms with van der Waals surface area (Å²) in [5.41, 5.74) is 0.360. The Bertz CT molecular complexity index is 448. The van der Waals surface area contributed by atoms with Crippen LogP contribution in [-0.4, -0.2) is 46.5 Å². The van der Waals surface area contributed by atoms with Crippen LogP contribution >= 0.6 is 0 Å². The van der Waals surface area contributed by atoms with Gasteiger partial charge >= 0.3 is 5.82 Å². The number of carbonyl (C=O) groups excluding carboxylic acids is 1. The molecular weight excluding hydrogens is 224 g/mol. The largest absolute Gasteiger partial charge is 0.358 e. The maximum absolute atomic E-state index is 12.1. The molecule has 7 nitrogen and oxygen atoms in total. The highest BCUT2D eigenvalue weighted by Gasteiger charge is 2.25. The Morgan fingerprint density at radius 3 is 2.59 bits per heavy atom. The monoisotopic (exact) mass is 238 g/mol. The molecule has 1 aromatic heterocycles. The molecule has 1 saturated heterocycles. The summed E-state index contributed by atoms with van der Waals surface area (Å²) in [7, 11) is 1.54. The van der Waals surface area contributed by atoms with E-state index in [1.807, 2.05) is 0 Å². The van der Waals surface area contributed by atoms with Gasteiger partial charge in [0.1, 0.15) is 0 Å². The summed E-state index contributed by atoms with van der Waals surface area (Å²) in [5, 5.41) is 13.8. The number of piperazine rings is 1. The van der Waals surface area contributed by atoms with Crippen LogP contribution in [0.2, 0.25) is 0 Å². The average molecular weight is 238 g/mol. The Morgan fingerprint density at radius 1 is 1.41 bits per heavy atom. The summed E-state index contributed by atoms with van der Waals surface area (Å²) in [5.74, 6) is -0.217. The number of amides is 1. The van der Waals surface area contributed by atoms with Crippen molar-refractivity contribution in [2.24, 2.45) is 7.05 Å². The Morgan fingerprint density at radius 2 is 2.06 bits per heavy atom. The molecule has 2 heterocycles. The third kappa shape index (κ3) is 2.14. The average Bonchev–Trinajstić information content (AvgIpc) is 2.71. The van der Waals surface area contributed by atoms with Crippen LogP contribution < -0.4 is 5.32 Å². The molecule has 0 radical (unpaired) electrons. The number of carbonyl (C=O) groups is 1. The van der Waals surface area contributed by atoms with Gasteiger partial charge in [-0.3, -0.25) is 4.79 Å². The van der Waals surface area contributed by atoms with Crippen LogP contribution in [0.25, 0.3) is 0 Å². The predicted molar refractivity (Wildman–Crippen MR) is 60.8 cm³/mol. The van der Waals surface area contributed by atoms with Gasteiger partial charge in [-0.1, -0.05) is 0 Å². The number of rotatable bonds is 2. The van der Waals surface area contributed by atoms with Crippen LogP contribution in [0.1, 0.15) is 10.5 Å². The zero-order valence-corrected chi connectivity index (χ0v) is 9.55. The molecule has 17 heavy (non-hydrogen) atoms. The van der Waals surface area contributed by atoms with Gasteiger partial charge < -0.3 is 20.3 Å². The molecule has 1 aliphatic rings. The first-order chi connectivity index (χ1) is 8.11. The minimum atomic E-state index is -0.492. The van der Waals surface area contributed by atoms with E-state index in [9.17, 15) is 14.9 Å². The SMILES string of the molecule is Cn1c(C(=O)N2CCNCC2)ccc1[N+](=O)[O-]. The van der Waals surface area contributed by atoms with Crippen molar-refractivity contribution in [1.29, 1.82) is 0 Å². The highest BCUT2D eigenvalue weighted by Crippen LogP contribution is 2.16. The fourth-order valence-electron chi connectivity index (χ4n) is 1.93. The standard InChI is InChI=1S/C10H14N4O3/c1-12-8(2-3-9(12)14(16)17)10(15)13-6-4-11-5-7-13/h2-3,11H,4-7H2,1H3. The van der Waals surface area contributed by atoms with E-state index < -0.39 is 4.92 Å². The molecule has 0 atom stereocenters. The van der Waals surface area contributed by atoms with E-state index in [4.69, 9.17) is 0 Å². The minimum absolute atomic E-state index is 0.0662. The highest BCUT2D eigenvalue weighted by molar-refractivity contribution is 5.93. The topological polar surface area (TPSA) is 80.4 Å². The van der Waals surface area contributed by atoms with Crippen LogP contribution in [0.15, 0.2) is 12.1 Å². The van der Waals surface area contributed by atoms with Gasteiger partial charge in [0.05, 0.1) is 7.05 Å². The number of hydrogen-bond acceptors (Lipinski definition) is 4. The Kier molecular flexibility index (Phi) is 3.10. The van der Waals surface area contributed by atoms with Crippen molar-refractivity contribution in [2.45, 2.75) is 0 Å². The first kappa shape index (κ1) is 11.6. The van der Waals surface area contributed by atoms with E-state index in [1.165, 1.54) is 23.7 Å². The van der Waals surface area contributed by atoms with Crippen molar-refractivity contribution in [3.05, 3.63) is 27.9 Å². The van der Waals surface area contributed by atoms with Gasteiger partial charge in [0, 0.05) is 32.2 Å². The van der Waals surface area contributed by atoms with Gasteiger partial charge in [0.25, 0.3) is 5.91 Å². The van der Waals surface area contributed by atoms with Crippen LogP contribution in [0.4, 0.5) is 5.82 Å². The Labute approximate surface area is 98.2 Å². The lowest BCUT2D eigenvalue weighted by Crippen LogP contribution is -2.46. The van der Waals surface area contributed by atoms with E-state index in [0.717, 1.165) is 13.1 Å². The quantitative estimate of drug-likeness (QED) is 0.580. The third-order valence-corrected chi connectivity index (χ3v) is 2.91. The van der Waals surface area contributed by atoms with Gasteiger partial charge in [-0.05, 0) is 11.0 Å². The van der Waals surface area contributed by atoms with Crippen LogP contribution in [0.5, 0.6) is 0 Å². The summed E-state index contributed by atoms with van der Waals surface area (Å²) in [4.78, 5) is 24.0. The van der Waals surface area contributed by atoms with E-state index in [1.54, 1.807) is 4.90 Å². The molecule has 0 aliphatic carbocycles. The van der Waals surface area contributed by atoms with Crippen LogP contribution in [-0.2, 0) is 7.05 Å². The van der Waals surface area contributed by atoms with Crippen molar-refractivity contribution < 1.29 is 9.72 Å². The number of nitrogens with zero attached hydrogens (tertiary/aromatic N) is 3. The zero-order valence-electron chi connectivity index (χ0n) is 9.55. The summed E-state index contributed by atoms with van der Waals surface area (Å²) in [6.45, 7) is 2.80. The molecule has 0 bridgehead atoms. The summed E-state index contributed by atoms with van der Waals surface area (Å²) >= 11 is 0. The van der Waals surface area contributed by atoms with Crippen molar-refractivity contribution in [3.8, 4) is 0 Å². The zero-order chi connectivity index (χ0) is 12.4. The molecule has 92 valence electrons. The molecule has 1 N–H and O–H groups in total. The van der Waals surface area contributed by atoms with E-state index >= 15 is 0 Å². The minimum Gasteiger partial charge on any atom is -0.358 e. The Balaban J connectivity index is 2.21. The third-order valence-electron chi connectivity index (χ3n) is 2.91. The van der Waals surface area contributed by atoms with Gasteiger partial charge in [-0.2, -0.15) is 0 Å². The maximum atomic E-state index is 12.1. The fourth-order valence-corrected chi connectivity index (χ4v) is 1.93. The molecule has 1 amide bonds. The Hall–Kier alpha value is -1.89. The lowest BCUT2D eigenvalue weighted by atomic mass is 10.3. The first-order valence-corrected chi connectivity index (χ1v) is 5.41. The van der Waals surface area contributed by atoms with Gasteiger partial charge in [0.2, 0.25) is 0 Å². The van der Waals surface area contributed by atoms with Crippen LogP contribution in [0.3, 0.4) is 0 Å². The van der Waals surface area contributed by atoms with Gasteiger partial charge in [0.15, 0.2) is 5.69 Å². The van der Waals surface area contributed by atoms with Gasteiger partial charge in [-0.25, -0.2) is 4.57 Å². The molecule has 7 heteroatoms. The second-order valence-corrected chi connectivity index (χ2v) is 3.94. The predicted octanol–water partition coefficient (Wildman–Crippen LogP) is -0.0213. The number of nitro groups is 1. The van der Waals surface area contributed by atoms with Gasteiger partial charge in [-0.15, -0.1) is 0 Å².